The molecule has 0 aromatic heterocycles. The summed E-state index contributed by atoms with van der Waals surface area (Å²) >= 11 is 0. The maximum Gasteiger partial charge on any atom is 0.143 e. The number of aryl methyl sites for hydroxylation is 1. The summed E-state index contributed by atoms with van der Waals surface area (Å²) in [5, 5.41) is 18.3. The van der Waals surface area contributed by atoms with E-state index in [0.717, 1.165) is 16.8 Å². The Balaban J connectivity index is 1.75. The van der Waals surface area contributed by atoms with E-state index in [1.807, 2.05) is 61.5 Å². The van der Waals surface area contributed by atoms with Crippen molar-refractivity contribution in [2.45, 2.75) is 13.5 Å². The van der Waals surface area contributed by atoms with Crippen molar-refractivity contribution < 1.29 is 9.84 Å². The molecule has 0 atom stereocenters. The van der Waals surface area contributed by atoms with Crippen LogP contribution in [0.25, 0.3) is 0 Å². The van der Waals surface area contributed by atoms with E-state index in [0.29, 0.717) is 18.0 Å². The first-order valence-corrected chi connectivity index (χ1v) is 7.69. The quantitative estimate of drug-likeness (QED) is 0.614. The van der Waals surface area contributed by atoms with Gasteiger partial charge in [-0.15, -0.1) is 5.11 Å². The van der Waals surface area contributed by atoms with E-state index in [9.17, 15) is 5.11 Å². The van der Waals surface area contributed by atoms with Gasteiger partial charge in [-0.25, -0.2) is 0 Å². The molecular formula is C20H18N2O2. The molecule has 0 spiro atoms. The summed E-state index contributed by atoms with van der Waals surface area (Å²) in [5.74, 6) is 0.704. The molecule has 0 bridgehead atoms. The Morgan fingerprint density at radius 1 is 0.833 bits per heavy atom. The fraction of sp³-hybridized carbons (Fsp3) is 0.100. The lowest BCUT2D eigenvalue weighted by atomic mass is 10.2. The molecule has 0 aliphatic heterocycles. The zero-order valence-corrected chi connectivity index (χ0v) is 13.4. The maximum absolute atomic E-state index is 9.96. The summed E-state index contributed by atoms with van der Waals surface area (Å²) in [4.78, 5) is 0. The first-order valence-electron chi connectivity index (χ1n) is 7.69. The number of rotatable bonds is 5. The third-order valence-corrected chi connectivity index (χ3v) is 3.58. The van der Waals surface area contributed by atoms with Gasteiger partial charge in [0.2, 0.25) is 0 Å². The molecule has 3 aromatic carbocycles. The lowest BCUT2D eigenvalue weighted by Crippen LogP contribution is -1.94. The fourth-order valence-electron chi connectivity index (χ4n) is 2.20. The molecule has 0 aliphatic rings. The Hall–Kier alpha value is -3.14. The number of hydrogen-bond donors (Lipinski definition) is 1. The van der Waals surface area contributed by atoms with Crippen molar-refractivity contribution in [2.24, 2.45) is 10.2 Å². The van der Waals surface area contributed by atoms with Crippen molar-refractivity contribution in [3.8, 4) is 11.5 Å². The second kappa shape index (κ2) is 7.42. The van der Waals surface area contributed by atoms with Crippen LogP contribution in [0, 0.1) is 6.92 Å². The summed E-state index contributed by atoms with van der Waals surface area (Å²) < 4.78 is 5.75. The zero-order chi connectivity index (χ0) is 16.8. The second-order valence-corrected chi connectivity index (χ2v) is 5.41. The Labute approximate surface area is 141 Å². The minimum absolute atomic E-state index is 0.0689. The lowest BCUT2D eigenvalue weighted by molar-refractivity contribution is 0.306. The number of azo groups is 1. The van der Waals surface area contributed by atoms with Gasteiger partial charge < -0.3 is 9.84 Å². The van der Waals surface area contributed by atoms with E-state index < -0.39 is 0 Å². The van der Waals surface area contributed by atoms with Gasteiger partial charge in [0, 0.05) is 6.07 Å². The highest BCUT2D eigenvalue weighted by molar-refractivity contribution is 5.55. The average molecular weight is 318 g/mol. The minimum atomic E-state index is 0.0689. The molecule has 0 fully saturated rings. The van der Waals surface area contributed by atoms with Gasteiger partial charge in [-0.3, -0.25) is 0 Å². The highest BCUT2D eigenvalue weighted by Crippen LogP contribution is 2.32. The van der Waals surface area contributed by atoms with E-state index in [1.54, 1.807) is 18.2 Å². The maximum atomic E-state index is 9.96. The third kappa shape index (κ3) is 3.98. The van der Waals surface area contributed by atoms with Crippen LogP contribution in [0.3, 0.4) is 0 Å². The molecular weight excluding hydrogens is 300 g/mol. The number of nitrogens with zero attached hydrogens (tertiary/aromatic N) is 2. The molecule has 0 saturated heterocycles. The Morgan fingerprint density at radius 3 is 2.33 bits per heavy atom. The van der Waals surface area contributed by atoms with Crippen LogP contribution >= 0.6 is 0 Å². The molecule has 1 N–H and O–H groups in total. The average Bonchev–Trinajstić information content (AvgIpc) is 2.62. The van der Waals surface area contributed by atoms with Crippen molar-refractivity contribution in [1.82, 2.24) is 0 Å². The van der Waals surface area contributed by atoms with Crippen LogP contribution in [0.2, 0.25) is 0 Å². The standard InChI is InChI=1S/C20H18N2O2/c1-15-7-5-6-10-18(15)21-22-19-13-17(11-12-20(19)23)24-14-16-8-3-2-4-9-16/h2-13,23H,14H2,1H3. The van der Waals surface area contributed by atoms with Crippen LogP contribution in [-0.4, -0.2) is 5.11 Å². The summed E-state index contributed by atoms with van der Waals surface area (Å²) in [7, 11) is 0. The third-order valence-electron chi connectivity index (χ3n) is 3.58. The highest BCUT2D eigenvalue weighted by Gasteiger charge is 2.04. The molecule has 3 aromatic rings. The topological polar surface area (TPSA) is 54.2 Å². The van der Waals surface area contributed by atoms with E-state index in [4.69, 9.17) is 4.74 Å². The van der Waals surface area contributed by atoms with Crippen LogP contribution in [-0.2, 0) is 6.61 Å². The van der Waals surface area contributed by atoms with Crippen molar-refractivity contribution in [2.75, 3.05) is 0 Å². The van der Waals surface area contributed by atoms with Gasteiger partial charge >= 0.3 is 0 Å². The van der Waals surface area contributed by atoms with Gasteiger partial charge in [-0.1, -0.05) is 48.5 Å². The molecule has 120 valence electrons. The summed E-state index contributed by atoms with van der Waals surface area (Å²) in [6.07, 6.45) is 0. The summed E-state index contributed by atoms with van der Waals surface area (Å²) in [5.41, 5.74) is 3.25. The highest BCUT2D eigenvalue weighted by atomic mass is 16.5. The fourth-order valence-corrected chi connectivity index (χ4v) is 2.20. The predicted molar refractivity (Wildman–Crippen MR) is 94.2 cm³/mol. The Morgan fingerprint density at radius 2 is 1.54 bits per heavy atom. The first-order chi connectivity index (χ1) is 11.7. The number of benzene rings is 3. The van der Waals surface area contributed by atoms with Gasteiger partial charge in [0.15, 0.2) is 0 Å². The molecule has 24 heavy (non-hydrogen) atoms. The first kappa shape index (κ1) is 15.7. The van der Waals surface area contributed by atoms with Crippen molar-refractivity contribution in [1.29, 1.82) is 0 Å². The summed E-state index contributed by atoms with van der Waals surface area (Å²) in [6, 6.07) is 22.6. The Kier molecular flexibility index (Phi) is 4.87. The van der Waals surface area contributed by atoms with Crippen LogP contribution < -0.4 is 4.74 Å². The van der Waals surface area contributed by atoms with Crippen LogP contribution in [0.1, 0.15) is 11.1 Å². The molecule has 4 nitrogen and oxygen atoms in total. The normalized spacial score (nSPS) is 10.9. The number of phenolic OH excluding ortho intramolecular Hbond substituents is 1. The minimum Gasteiger partial charge on any atom is -0.506 e. The predicted octanol–water partition coefficient (Wildman–Crippen LogP) is 5.70. The molecule has 0 saturated carbocycles. The van der Waals surface area contributed by atoms with Gasteiger partial charge in [0.1, 0.15) is 23.8 Å². The molecule has 0 aliphatic carbocycles. The smallest absolute Gasteiger partial charge is 0.143 e. The van der Waals surface area contributed by atoms with Gasteiger partial charge in [0.05, 0.1) is 5.69 Å². The van der Waals surface area contributed by atoms with E-state index in [2.05, 4.69) is 10.2 Å². The van der Waals surface area contributed by atoms with Gasteiger partial charge in [-0.05, 0) is 36.2 Å². The van der Waals surface area contributed by atoms with Gasteiger partial charge in [-0.2, -0.15) is 5.11 Å². The second-order valence-electron chi connectivity index (χ2n) is 5.41. The molecule has 4 heteroatoms. The van der Waals surface area contributed by atoms with Crippen LogP contribution in [0.15, 0.2) is 83.0 Å². The van der Waals surface area contributed by atoms with E-state index in [-0.39, 0.29) is 5.75 Å². The number of ether oxygens (including phenoxy) is 1. The molecule has 3 rings (SSSR count). The SMILES string of the molecule is Cc1ccccc1N=Nc1cc(OCc2ccccc2)ccc1O. The molecule has 0 amide bonds. The van der Waals surface area contributed by atoms with E-state index >= 15 is 0 Å². The monoisotopic (exact) mass is 318 g/mol. The van der Waals surface area contributed by atoms with Crippen molar-refractivity contribution in [3.63, 3.8) is 0 Å². The number of aromatic hydroxyl groups is 1. The lowest BCUT2D eigenvalue weighted by Gasteiger charge is -2.07. The zero-order valence-electron chi connectivity index (χ0n) is 13.4. The van der Waals surface area contributed by atoms with Crippen LogP contribution in [0.5, 0.6) is 11.5 Å². The largest absolute Gasteiger partial charge is 0.506 e. The van der Waals surface area contributed by atoms with Crippen molar-refractivity contribution in [3.05, 3.63) is 83.9 Å². The number of hydrogen-bond acceptors (Lipinski definition) is 4. The van der Waals surface area contributed by atoms with Crippen LogP contribution in [0.4, 0.5) is 11.4 Å². The number of phenols is 1. The molecule has 0 heterocycles. The molecule has 0 radical (unpaired) electrons. The molecule has 0 unspecified atom stereocenters. The Bertz CT molecular complexity index is 845. The van der Waals surface area contributed by atoms with E-state index in [1.165, 1.54) is 0 Å². The van der Waals surface area contributed by atoms with Gasteiger partial charge in [0.25, 0.3) is 0 Å². The summed E-state index contributed by atoms with van der Waals surface area (Å²) in [6.45, 7) is 2.42. The van der Waals surface area contributed by atoms with Crippen molar-refractivity contribution >= 4 is 11.4 Å².